The van der Waals surface area contributed by atoms with Crippen LogP contribution in [-0.4, -0.2) is 34.5 Å². The van der Waals surface area contributed by atoms with E-state index >= 15 is 0 Å². The third kappa shape index (κ3) is 3.41. The maximum Gasteiger partial charge on any atom is 0.302 e. The molecular weight excluding hydrogens is 448 g/mol. The van der Waals surface area contributed by atoms with Crippen molar-refractivity contribution >= 4 is 5.97 Å². The van der Waals surface area contributed by atoms with Gasteiger partial charge in [0, 0.05) is 12.3 Å². The first-order valence-corrected chi connectivity index (χ1v) is 15.2. The van der Waals surface area contributed by atoms with Gasteiger partial charge in [-0.3, -0.25) is 4.79 Å². The summed E-state index contributed by atoms with van der Waals surface area (Å²) in [6.45, 7) is 17.9. The molecule has 5 aliphatic carbocycles. The van der Waals surface area contributed by atoms with Crippen LogP contribution in [0.5, 0.6) is 0 Å². The molecule has 5 aliphatic rings. The standard InChI is InChI=1S/C32H54O4/c1-19(2)22(34)10-9-20(3)27-23(35)17-30(8)25-12-11-24-28(5,6)26(36-21(4)33)13-14-31(24)18-32(25,31)16-15-29(27,30)7/h19-20,22-27,34-35H,9-18H2,1-8H3/t20-,22?,23?,24?,25?,26+,27?,29-,30+,31-,32+/m1/s1. The zero-order chi connectivity index (χ0) is 26.5. The zero-order valence-corrected chi connectivity index (χ0v) is 24.4. The van der Waals surface area contributed by atoms with Crippen LogP contribution in [0.15, 0.2) is 0 Å². The Morgan fingerprint density at radius 2 is 1.56 bits per heavy atom. The monoisotopic (exact) mass is 502 g/mol. The maximum absolute atomic E-state index is 11.9. The average Bonchev–Trinajstić information content (AvgIpc) is 3.39. The average molecular weight is 503 g/mol. The Kier molecular flexibility index (Phi) is 6.33. The van der Waals surface area contributed by atoms with Crippen LogP contribution in [0.1, 0.15) is 120 Å². The van der Waals surface area contributed by atoms with Gasteiger partial charge in [-0.05, 0) is 115 Å². The lowest BCUT2D eigenvalue weighted by molar-refractivity contribution is -0.181. The second-order valence-electron chi connectivity index (χ2n) is 15.6. The molecule has 5 saturated carbocycles. The largest absolute Gasteiger partial charge is 0.462 e. The molecule has 2 spiro atoms. The highest BCUT2D eigenvalue weighted by atomic mass is 16.5. The molecule has 2 N–H and O–H groups in total. The van der Waals surface area contributed by atoms with E-state index in [1.54, 1.807) is 6.92 Å². The van der Waals surface area contributed by atoms with Crippen LogP contribution in [0.25, 0.3) is 0 Å². The number of esters is 1. The second-order valence-corrected chi connectivity index (χ2v) is 15.6. The molecule has 0 radical (unpaired) electrons. The third-order valence-electron chi connectivity index (χ3n) is 13.7. The fourth-order valence-corrected chi connectivity index (χ4v) is 11.8. The Morgan fingerprint density at radius 1 is 0.917 bits per heavy atom. The van der Waals surface area contributed by atoms with Crippen LogP contribution < -0.4 is 0 Å². The van der Waals surface area contributed by atoms with Gasteiger partial charge in [0.1, 0.15) is 6.10 Å². The van der Waals surface area contributed by atoms with E-state index in [-0.39, 0.29) is 40.5 Å². The predicted octanol–water partition coefficient (Wildman–Crippen LogP) is 6.76. The molecule has 0 aliphatic heterocycles. The van der Waals surface area contributed by atoms with Crippen LogP contribution in [0, 0.1) is 56.7 Å². The topological polar surface area (TPSA) is 66.8 Å². The van der Waals surface area contributed by atoms with Gasteiger partial charge in [0.25, 0.3) is 0 Å². The van der Waals surface area contributed by atoms with Crippen LogP contribution in [0.4, 0.5) is 0 Å². The molecule has 0 aromatic rings. The number of aliphatic hydroxyl groups excluding tert-OH is 2. The fourth-order valence-electron chi connectivity index (χ4n) is 11.8. The van der Waals surface area contributed by atoms with Crippen LogP contribution in [-0.2, 0) is 9.53 Å². The number of aliphatic hydroxyl groups is 2. The van der Waals surface area contributed by atoms with Gasteiger partial charge in [-0.25, -0.2) is 0 Å². The molecule has 5 unspecified atom stereocenters. The minimum Gasteiger partial charge on any atom is -0.462 e. The van der Waals surface area contributed by atoms with Crippen molar-refractivity contribution in [3.63, 3.8) is 0 Å². The minimum absolute atomic E-state index is 0.0313. The highest BCUT2D eigenvalue weighted by Crippen LogP contribution is 2.89. The van der Waals surface area contributed by atoms with Gasteiger partial charge in [-0.1, -0.05) is 48.5 Å². The van der Waals surface area contributed by atoms with Gasteiger partial charge >= 0.3 is 5.97 Å². The first-order chi connectivity index (χ1) is 16.7. The SMILES string of the molecule is CC(=O)O[C@H]1CC[C@]23C[C@]24CC[C@]2(C)C([C@H](C)CCC(O)C(C)C)C(O)C[C@@]2(C)C4CCC3C1(C)C. The van der Waals surface area contributed by atoms with E-state index < -0.39 is 0 Å². The summed E-state index contributed by atoms with van der Waals surface area (Å²) in [5.74, 6) is 2.23. The van der Waals surface area contributed by atoms with E-state index in [0.717, 1.165) is 25.7 Å². The molecule has 0 aromatic carbocycles. The number of fused-ring (bicyclic) bond motifs is 2. The van der Waals surface area contributed by atoms with Gasteiger partial charge in [0.05, 0.1) is 12.2 Å². The molecule has 0 heterocycles. The molecule has 0 bridgehead atoms. The molecular formula is C32H54O4. The normalized spacial score (nSPS) is 50.4. The Bertz CT molecular complexity index is 881. The lowest BCUT2D eigenvalue weighted by Crippen LogP contribution is -2.58. The number of rotatable bonds is 6. The smallest absolute Gasteiger partial charge is 0.302 e. The van der Waals surface area contributed by atoms with Gasteiger partial charge in [-0.15, -0.1) is 0 Å². The molecule has 4 nitrogen and oxygen atoms in total. The Labute approximate surface area is 220 Å². The summed E-state index contributed by atoms with van der Waals surface area (Å²) >= 11 is 0. The van der Waals surface area contributed by atoms with Crippen molar-refractivity contribution in [2.24, 2.45) is 56.7 Å². The van der Waals surface area contributed by atoms with Crippen molar-refractivity contribution < 1.29 is 19.7 Å². The maximum atomic E-state index is 11.9. The molecule has 5 fully saturated rings. The summed E-state index contributed by atoms with van der Waals surface area (Å²) < 4.78 is 5.88. The van der Waals surface area contributed by atoms with Crippen LogP contribution >= 0.6 is 0 Å². The summed E-state index contributed by atoms with van der Waals surface area (Å²) in [6.07, 6.45) is 10.9. The molecule has 0 aromatic heterocycles. The summed E-state index contributed by atoms with van der Waals surface area (Å²) in [5, 5.41) is 22.1. The molecule has 4 heteroatoms. The van der Waals surface area contributed by atoms with Gasteiger partial charge < -0.3 is 14.9 Å². The number of hydrogen-bond donors (Lipinski definition) is 2. The molecule has 0 saturated heterocycles. The zero-order valence-electron chi connectivity index (χ0n) is 24.4. The predicted molar refractivity (Wildman–Crippen MR) is 143 cm³/mol. The van der Waals surface area contributed by atoms with Crippen molar-refractivity contribution in [2.75, 3.05) is 0 Å². The molecule has 11 atom stereocenters. The summed E-state index contributed by atoms with van der Waals surface area (Å²) in [5.41, 5.74) is 1.20. The Hall–Kier alpha value is -0.610. The number of hydrogen-bond acceptors (Lipinski definition) is 4. The van der Waals surface area contributed by atoms with Crippen molar-refractivity contribution in [1.29, 1.82) is 0 Å². The van der Waals surface area contributed by atoms with Gasteiger partial charge in [-0.2, -0.15) is 0 Å². The minimum atomic E-state index is -0.244. The van der Waals surface area contributed by atoms with Gasteiger partial charge in [0.2, 0.25) is 0 Å². The van der Waals surface area contributed by atoms with Crippen molar-refractivity contribution in [3.05, 3.63) is 0 Å². The van der Waals surface area contributed by atoms with E-state index in [9.17, 15) is 15.0 Å². The van der Waals surface area contributed by atoms with Crippen molar-refractivity contribution in [1.82, 2.24) is 0 Å². The van der Waals surface area contributed by atoms with E-state index in [0.29, 0.717) is 40.4 Å². The second kappa shape index (κ2) is 8.44. The summed E-state index contributed by atoms with van der Waals surface area (Å²) in [6, 6.07) is 0. The fraction of sp³-hybridized carbons (Fsp3) is 0.969. The van der Waals surface area contributed by atoms with E-state index in [1.165, 1.54) is 38.5 Å². The van der Waals surface area contributed by atoms with E-state index in [2.05, 4.69) is 48.5 Å². The third-order valence-corrected chi connectivity index (χ3v) is 13.7. The van der Waals surface area contributed by atoms with Crippen molar-refractivity contribution in [2.45, 2.75) is 138 Å². The number of ether oxygens (including phenoxy) is 1. The quantitative estimate of drug-likeness (QED) is 0.394. The first-order valence-electron chi connectivity index (χ1n) is 15.2. The first kappa shape index (κ1) is 27.0. The highest BCUT2D eigenvalue weighted by molar-refractivity contribution is 5.66. The lowest BCUT2D eigenvalue weighted by atomic mass is 9.41. The Balaban J connectivity index is 1.39. The van der Waals surface area contributed by atoms with Crippen molar-refractivity contribution in [3.8, 4) is 0 Å². The lowest BCUT2D eigenvalue weighted by Gasteiger charge is -2.63. The Morgan fingerprint density at radius 3 is 2.19 bits per heavy atom. The molecule has 5 rings (SSSR count). The molecule has 0 amide bonds. The summed E-state index contributed by atoms with van der Waals surface area (Å²) in [7, 11) is 0. The molecule has 206 valence electrons. The molecule has 36 heavy (non-hydrogen) atoms. The van der Waals surface area contributed by atoms with E-state index in [4.69, 9.17) is 4.74 Å². The highest BCUT2D eigenvalue weighted by Gasteiger charge is 2.82. The summed E-state index contributed by atoms with van der Waals surface area (Å²) in [4.78, 5) is 11.9. The van der Waals surface area contributed by atoms with Gasteiger partial charge in [0.15, 0.2) is 0 Å². The van der Waals surface area contributed by atoms with E-state index in [1.807, 2.05) is 0 Å². The van der Waals surface area contributed by atoms with Crippen LogP contribution in [0.3, 0.4) is 0 Å². The van der Waals surface area contributed by atoms with Crippen LogP contribution in [0.2, 0.25) is 0 Å². The number of carbonyl (C=O) groups excluding carboxylic acids is 1. The number of carbonyl (C=O) groups is 1.